The fraction of sp³-hybridized carbons (Fsp3) is 0.368. The fourth-order valence-electron chi connectivity index (χ4n) is 3.21. The number of nitrogens with one attached hydrogen (secondary N) is 1. The molecule has 0 spiro atoms. The molecular formula is C19H22N4O2. The van der Waals surface area contributed by atoms with Crippen LogP contribution in [0.25, 0.3) is 11.5 Å². The number of likely N-dealkylation sites (tertiary alicyclic amines) is 1. The molecule has 1 fully saturated rings. The highest BCUT2D eigenvalue weighted by molar-refractivity contribution is 5.51. The summed E-state index contributed by atoms with van der Waals surface area (Å²) >= 11 is 0. The van der Waals surface area contributed by atoms with E-state index in [1.54, 1.807) is 12.4 Å². The first-order valence-electron chi connectivity index (χ1n) is 8.68. The van der Waals surface area contributed by atoms with Crippen LogP contribution in [-0.2, 0) is 17.9 Å². The van der Waals surface area contributed by atoms with Crippen LogP contribution in [0, 0.1) is 0 Å². The summed E-state index contributed by atoms with van der Waals surface area (Å²) < 4.78 is 12.0. The number of hydrogen-bond donors (Lipinski definition) is 1. The van der Waals surface area contributed by atoms with E-state index in [0.717, 1.165) is 55.3 Å². The van der Waals surface area contributed by atoms with Crippen LogP contribution in [0.2, 0.25) is 0 Å². The van der Waals surface area contributed by atoms with Gasteiger partial charge in [0.1, 0.15) is 11.5 Å². The third-order valence-electron chi connectivity index (χ3n) is 4.48. The number of aromatic amines is 1. The third kappa shape index (κ3) is 4.15. The van der Waals surface area contributed by atoms with E-state index in [1.165, 1.54) is 0 Å². The molecule has 130 valence electrons. The summed E-state index contributed by atoms with van der Waals surface area (Å²) in [4.78, 5) is 6.53. The van der Waals surface area contributed by atoms with Crippen molar-refractivity contribution in [3.05, 3.63) is 60.2 Å². The molecule has 3 aromatic heterocycles. The van der Waals surface area contributed by atoms with E-state index in [-0.39, 0.29) is 6.10 Å². The van der Waals surface area contributed by atoms with Crippen LogP contribution < -0.4 is 0 Å². The first-order valence-corrected chi connectivity index (χ1v) is 8.68. The van der Waals surface area contributed by atoms with Crippen molar-refractivity contribution in [2.24, 2.45) is 0 Å². The van der Waals surface area contributed by atoms with Crippen LogP contribution in [-0.4, -0.2) is 39.3 Å². The molecule has 6 nitrogen and oxygen atoms in total. The minimum Gasteiger partial charge on any atom is -0.458 e. The average Bonchev–Trinajstić information content (AvgIpc) is 3.33. The van der Waals surface area contributed by atoms with Crippen molar-refractivity contribution in [3.63, 3.8) is 0 Å². The number of rotatable bonds is 6. The summed E-state index contributed by atoms with van der Waals surface area (Å²) in [5.74, 6) is 1.80. The second-order valence-corrected chi connectivity index (χ2v) is 6.41. The lowest BCUT2D eigenvalue weighted by atomic mass is 10.1. The topological polar surface area (TPSA) is 67.2 Å². The molecule has 4 heterocycles. The van der Waals surface area contributed by atoms with Crippen LogP contribution in [0.15, 0.2) is 53.3 Å². The first-order chi connectivity index (χ1) is 12.4. The fourth-order valence-corrected chi connectivity index (χ4v) is 3.21. The molecule has 0 aromatic carbocycles. The maximum Gasteiger partial charge on any atom is 0.152 e. The molecule has 1 aliphatic rings. The first kappa shape index (κ1) is 16.1. The molecule has 1 saturated heterocycles. The Balaban J connectivity index is 1.31. The molecule has 0 unspecified atom stereocenters. The largest absolute Gasteiger partial charge is 0.458 e. The van der Waals surface area contributed by atoms with Gasteiger partial charge in [0.05, 0.1) is 19.3 Å². The van der Waals surface area contributed by atoms with Crippen molar-refractivity contribution in [2.45, 2.75) is 32.1 Å². The van der Waals surface area contributed by atoms with Crippen LogP contribution >= 0.6 is 0 Å². The highest BCUT2D eigenvalue weighted by Gasteiger charge is 2.21. The molecule has 0 radical (unpaired) electrons. The molecule has 25 heavy (non-hydrogen) atoms. The van der Waals surface area contributed by atoms with Crippen molar-refractivity contribution in [2.75, 3.05) is 13.1 Å². The van der Waals surface area contributed by atoms with Gasteiger partial charge in [0.15, 0.2) is 5.76 Å². The van der Waals surface area contributed by atoms with E-state index in [1.807, 2.05) is 36.5 Å². The van der Waals surface area contributed by atoms with Gasteiger partial charge in [-0.05, 0) is 49.2 Å². The van der Waals surface area contributed by atoms with Crippen molar-refractivity contribution in [1.29, 1.82) is 0 Å². The highest BCUT2D eigenvalue weighted by Crippen LogP contribution is 2.22. The summed E-state index contributed by atoms with van der Waals surface area (Å²) in [6, 6.07) is 9.93. The molecule has 4 rings (SSSR count). The van der Waals surface area contributed by atoms with Gasteiger partial charge in [-0.15, -0.1) is 0 Å². The van der Waals surface area contributed by atoms with Crippen LogP contribution in [0.4, 0.5) is 0 Å². The predicted octanol–water partition coefficient (Wildman–Crippen LogP) is 3.25. The van der Waals surface area contributed by atoms with Crippen molar-refractivity contribution in [3.8, 4) is 11.5 Å². The Bertz CT molecular complexity index is 770. The summed E-state index contributed by atoms with van der Waals surface area (Å²) in [7, 11) is 0. The quantitative estimate of drug-likeness (QED) is 0.747. The Morgan fingerprint density at radius 1 is 1.24 bits per heavy atom. The molecule has 0 saturated carbocycles. The number of piperidine rings is 1. The van der Waals surface area contributed by atoms with E-state index in [0.29, 0.717) is 6.61 Å². The Morgan fingerprint density at radius 2 is 2.24 bits per heavy atom. The van der Waals surface area contributed by atoms with E-state index in [4.69, 9.17) is 9.15 Å². The summed E-state index contributed by atoms with van der Waals surface area (Å²) in [6.45, 7) is 3.44. The minimum atomic E-state index is 0.260. The van der Waals surface area contributed by atoms with Crippen LogP contribution in [0.1, 0.15) is 24.2 Å². The number of nitrogens with zero attached hydrogens (tertiary/aromatic N) is 3. The summed E-state index contributed by atoms with van der Waals surface area (Å²) in [6.07, 6.45) is 7.88. The number of aromatic nitrogens is 3. The number of hydrogen-bond acceptors (Lipinski definition) is 5. The monoisotopic (exact) mass is 338 g/mol. The van der Waals surface area contributed by atoms with Crippen molar-refractivity contribution < 1.29 is 9.15 Å². The maximum absolute atomic E-state index is 6.08. The van der Waals surface area contributed by atoms with E-state index in [9.17, 15) is 0 Å². The van der Waals surface area contributed by atoms with E-state index < -0.39 is 0 Å². The zero-order valence-corrected chi connectivity index (χ0v) is 14.1. The highest BCUT2D eigenvalue weighted by atomic mass is 16.5. The zero-order chi connectivity index (χ0) is 16.9. The predicted molar refractivity (Wildman–Crippen MR) is 93.6 cm³/mol. The van der Waals surface area contributed by atoms with Gasteiger partial charge in [-0.25, -0.2) is 0 Å². The molecule has 0 aliphatic carbocycles. The summed E-state index contributed by atoms with van der Waals surface area (Å²) in [5, 5.41) is 6.89. The van der Waals surface area contributed by atoms with Gasteiger partial charge in [0.25, 0.3) is 0 Å². The lowest BCUT2D eigenvalue weighted by molar-refractivity contribution is -0.0134. The normalized spacial score (nSPS) is 18.5. The molecule has 1 aliphatic heterocycles. The smallest absolute Gasteiger partial charge is 0.152 e. The Labute approximate surface area is 146 Å². The SMILES string of the molecule is c1cncc(CO[C@@H]2CCCN(Cc3ccc(-c4ccn[nH]4)o3)C2)c1. The van der Waals surface area contributed by atoms with Gasteiger partial charge >= 0.3 is 0 Å². The molecule has 0 bridgehead atoms. The average molecular weight is 338 g/mol. The van der Waals surface area contributed by atoms with Gasteiger partial charge in [0, 0.05) is 25.1 Å². The Morgan fingerprint density at radius 3 is 3.08 bits per heavy atom. The van der Waals surface area contributed by atoms with Crippen molar-refractivity contribution >= 4 is 0 Å². The number of pyridine rings is 1. The van der Waals surface area contributed by atoms with Gasteiger partial charge in [-0.2, -0.15) is 5.10 Å². The van der Waals surface area contributed by atoms with Gasteiger partial charge in [-0.3, -0.25) is 15.0 Å². The zero-order valence-electron chi connectivity index (χ0n) is 14.1. The minimum absolute atomic E-state index is 0.260. The van der Waals surface area contributed by atoms with Gasteiger partial charge in [-0.1, -0.05) is 6.07 Å². The number of ether oxygens (including phenoxy) is 1. The standard InChI is InChI=1S/C19H22N4O2/c1-3-15(11-20-8-1)14-24-16-4-2-10-23(12-16)13-17-5-6-19(25-17)18-7-9-21-22-18/h1,3,5-9,11,16H,2,4,10,12-14H2,(H,21,22)/t16-/m1/s1. The second-order valence-electron chi connectivity index (χ2n) is 6.41. The number of furan rings is 1. The van der Waals surface area contributed by atoms with Crippen molar-refractivity contribution in [1.82, 2.24) is 20.1 Å². The second kappa shape index (κ2) is 7.63. The van der Waals surface area contributed by atoms with E-state index in [2.05, 4.69) is 20.1 Å². The molecule has 1 atom stereocenters. The van der Waals surface area contributed by atoms with Crippen LogP contribution in [0.5, 0.6) is 0 Å². The van der Waals surface area contributed by atoms with Gasteiger partial charge < -0.3 is 9.15 Å². The molecule has 6 heteroatoms. The third-order valence-corrected chi connectivity index (χ3v) is 4.48. The lowest BCUT2D eigenvalue weighted by Crippen LogP contribution is -2.39. The molecule has 0 amide bonds. The number of H-pyrrole nitrogens is 1. The molecule has 3 aromatic rings. The molecular weight excluding hydrogens is 316 g/mol. The Kier molecular flexibility index (Phi) is 4.90. The lowest BCUT2D eigenvalue weighted by Gasteiger charge is -2.32. The van der Waals surface area contributed by atoms with E-state index >= 15 is 0 Å². The van der Waals surface area contributed by atoms with Gasteiger partial charge in [0.2, 0.25) is 0 Å². The van der Waals surface area contributed by atoms with Crippen LogP contribution in [0.3, 0.4) is 0 Å². The summed E-state index contributed by atoms with van der Waals surface area (Å²) in [5.41, 5.74) is 2.03. The molecule has 1 N–H and O–H groups in total. The maximum atomic E-state index is 6.08. The Hall–Kier alpha value is -2.44.